The van der Waals surface area contributed by atoms with Gasteiger partial charge in [0, 0.05) is 53.8 Å². The Kier molecular flexibility index (Phi) is 5.00. The van der Waals surface area contributed by atoms with Crippen LogP contribution >= 0.6 is 11.6 Å². The maximum absolute atomic E-state index is 12.8. The molecular formula is C26H30ClN5O. The van der Waals surface area contributed by atoms with Gasteiger partial charge in [-0.05, 0) is 80.2 Å². The van der Waals surface area contributed by atoms with E-state index in [0.29, 0.717) is 29.8 Å². The van der Waals surface area contributed by atoms with E-state index in [-0.39, 0.29) is 5.91 Å². The molecule has 2 aliphatic heterocycles. The molecule has 2 saturated heterocycles. The first-order valence-electron chi connectivity index (χ1n) is 12.0. The highest BCUT2D eigenvalue weighted by Gasteiger charge is 2.45. The molecule has 2 aromatic heterocycles. The summed E-state index contributed by atoms with van der Waals surface area (Å²) in [6.07, 6.45) is 5.56. The van der Waals surface area contributed by atoms with Crippen molar-refractivity contribution in [3.8, 4) is 0 Å². The van der Waals surface area contributed by atoms with Crippen molar-refractivity contribution < 1.29 is 4.79 Å². The Morgan fingerprint density at radius 3 is 2.61 bits per heavy atom. The lowest BCUT2D eigenvalue weighted by Gasteiger charge is -2.31. The second-order valence-corrected chi connectivity index (χ2v) is 10.5. The summed E-state index contributed by atoms with van der Waals surface area (Å²) in [4.78, 5) is 17.4. The van der Waals surface area contributed by atoms with Crippen molar-refractivity contribution in [2.45, 2.75) is 68.9 Å². The molecule has 5 atom stereocenters. The van der Waals surface area contributed by atoms with E-state index >= 15 is 0 Å². The highest BCUT2D eigenvalue weighted by atomic mass is 35.5. The molecule has 2 N–H and O–H groups in total. The summed E-state index contributed by atoms with van der Waals surface area (Å²) in [5.74, 6) is 0.934. The summed E-state index contributed by atoms with van der Waals surface area (Å²) >= 11 is 7.16. The number of hydrogen-bond acceptors (Lipinski definition) is 4. The number of pyridine rings is 1. The first-order chi connectivity index (χ1) is 15.9. The number of carbonyl (C=O) groups excluding carboxylic acids is 1. The number of aryl methyl sites for hydroxylation is 2. The van der Waals surface area contributed by atoms with Crippen molar-refractivity contribution in [1.29, 1.82) is 0 Å². The number of piperidine rings is 1. The third-order valence-corrected chi connectivity index (χ3v) is 8.38. The van der Waals surface area contributed by atoms with Crippen LogP contribution < -0.4 is 10.6 Å². The average Bonchev–Trinajstić information content (AvgIpc) is 3.43. The molecule has 1 unspecified atom stereocenters. The monoisotopic (exact) mass is 463 g/mol. The third kappa shape index (κ3) is 3.46. The molecular weight excluding hydrogens is 434 g/mol. The van der Waals surface area contributed by atoms with E-state index in [4.69, 9.17) is 16.7 Å². The fraction of sp³-hybridized carbons (Fsp3) is 0.500. The minimum atomic E-state index is -0.0474. The minimum absolute atomic E-state index is 0.0474. The highest BCUT2D eigenvalue weighted by Crippen LogP contribution is 2.58. The quantitative estimate of drug-likeness (QED) is 0.595. The zero-order valence-electron chi connectivity index (χ0n) is 19.4. The van der Waals surface area contributed by atoms with Crippen LogP contribution in [0.2, 0.25) is 5.02 Å². The zero-order valence-corrected chi connectivity index (χ0v) is 20.1. The predicted octanol–water partition coefficient (Wildman–Crippen LogP) is 4.56. The Labute approximate surface area is 199 Å². The summed E-state index contributed by atoms with van der Waals surface area (Å²) in [5, 5.41) is 13.3. The Morgan fingerprint density at radius 2 is 1.88 bits per heavy atom. The standard InChI is InChI=1S/C26H30ClN5O/c1-13-4-7-19-24(31-32(3)25(19)29-13)21-12-20(21)17-8-9-18(26(33)28-2)22(23(17)27)14-10-15-5-6-16(11-14)30-15/h4,7-9,14-16,20-21,30H,5-6,10-12H2,1-3H3,(H,28,33)/t14?,15-,16+,20-,21+/m1/s1. The molecule has 3 aromatic rings. The van der Waals surface area contributed by atoms with Crippen molar-refractivity contribution in [1.82, 2.24) is 25.4 Å². The molecule has 172 valence electrons. The van der Waals surface area contributed by atoms with Crippen LogP contribution in [0.4, 0.5) is 0 Å². The van der Waals surface area contributed by atoms with Crippen LogP contribution in [0.25, 0.3) is 11.0 Å². The number of halogens is 1. The van der Waals surface area contributed by atoms with Crippen molar-refractivity contribution in [3.63, 3.8) is 0 Å². The van der Waals surface area contributed by atoms with E-state index in [2.05, 4.69) is 33.8 Å². The van der Waals surface area contributed by atoms with E-state index in [9.17, 15) is 4.79 Å². The van der Waals surface area contributed by atoms with Gasteiger partial charge in [-0.3, -0.25) is 9.48 Å². The van der Waals surface area contributed by atoms with Crippen LogP contribution in [0.1, 0.15) is 82.7 Å². The van der Waals surface area contributed by atoms with Crippen LogP contribution in [0, 0.1) is 6.92 Å². The van der Waals surface area contributed by atoms with Gasteiger partial charge < -0.3 is 10.6 Å². The van der Waals surface area contributed by atoms with E-state index in [0.717, 1.165) is 63.4 Å². The van der Waals surface area contributed by atoms with Gasteiger partial charge in [0.15, 0.2) is 5.65 Å². The Balaban J connectivity index is 1.38. The van der Waals surface area contributed by atoms with E-state index < -0.39 is 0 Å². The molecule has 6 nitrogen and oxygen atoms in total. The fourth-order valence-corrected chi connectivity index (χ4v) is 6.75. The first-order valence-corrected chi connectivity index (χ1v) is 12.4. The van der Waals surface area contributed by atoms with Crippen LogP contribution in [-0.2, 0) is 7.05 Å². The normalized spacial score (nSPS) is 28.3. The van der Waals surface area contributed by atoms with Gasteiger partial charge in [-0.2, -0.15) is 5.10 Å². The second-order valence-electron chi connectivity index (χ2n) is 10.1. The first kappa shape index (κ1) is 21.1. The Hall–Kier alpha value is -2.44. The van der Waals surface area contributed by atoms with Gasteiger partial charge in [0.25, 0.3) is 5.91 Å². The molecule has 3 aliphatic rings. The van der Waals surface area contributed by atoms with Crippen molar-refractivity contribution in [2.24, 2.45) is 7.05 Å². The van der Waals surface area contributed by atoms with Gasteiger partial charge in [0.05, 0.1) is 5.69 Å². The smallest absolute Gasteiger partial charge is 0.251 e. The summed E-state index contributed by atoms with van der Waals surface area (Å²) in [7, 11) is 3.66. The molecule has 0 radical (unpaired) electrons. The molecule has 1 aliphatic carbocycles. The molecule has 3 fully saturated rings. The maximum Gasteiger partial charge on any atom is 0.251 e. The molecule has 7 heteroatoms. The minimum Gasteiger partial charge on any atom is -0.355 e. The van der Waals surface area contributed by atoms with E-state index in [1.165, 1.54) is 12.8 Å². The van der Waals surface area contributed by atoms with Gasteiger partial charge in [-0.1, -0.05) is 17.7 Å². The Morgan fingerprint density at radius 1 is 1.12 bits per heavy atom. The number of carbonyl (C=O) groups is 1. The maximum atomic E-state index is 12.8. The second kappa shape index (κ2) is 7.81. The summed E-state index contributed by atoms with van der Waals surface area (Å²) in [6, 6.07) is 9.34. The topological polar surface area (TPSA) is 71.8 Å². The lowest BCUT2D eigenvalue weighted by molar-refractivity contribution is 0.0961. The molecule has 1 amide bonds. The molecule has 33 heavy (non-hydrogen) atoms. The van der Waals surface area contributed by atoms with Crippen molar-refractivity contribution in [3.05, 3.63) is 57.4 Å². The third-order valence-electron chi connectivity index (χ3n) is 7.96. The van der Waals surface area contributed by atoms with Gasteiger partial charge in [-0.25, -0.2) is 4.98 Å². The summed E-state index contributed by atoms with van der Waals surface area (Å²) in [5.41, 5.74) is 5.99. The fourth-order valence-electron chi connectivity index (χ4n) is 6.29. The molecule has 1 saturated carbocycles. The lowest BCUT2D eigenvalue weighted by Crippen LogP contribution is -2.38. The number of nitrogens with one attached hydrogen (secondary N) is 2. The summed E-state index contributed by atoms with van der Waals surface area (Å²) < 4.78 is 1.89. The van der Waals surface area contributed by atoms with Crippen LogP contribution in [0.3, 0.4) is 0 Å². The molecule has 2 bridgehead atoms. The number of benzene rings is 1. The van der Waals surface area contributed by atoms with Crippen LogP contribution in [-0.4, -0.2) is 39.8 Å². The van der Waals surface area contributed by atoms with Crippen LogP contribution in [0.15, 0.2) is 24.3 Å². The van der Waals surface area contributed by atoms with Gasteiger partial charge >= 0.3 is 0 Å². The number of aromatic nitrogens is 3. The molecule has 1 aromatic carbocycles. The number of rotatable bonds is 4. The van der Waals surface area contributed by atoms with E-state index in [1.54, 1.807) is 7.05 Å². The molecule has 0 spiro atoms. The van der Waals surface area contributed by atoms with Crippen molar-refractivity contribution >= 4 is 28.5 Å². The highest BCUT2D eigenvalue weighted by molar-refractivity contribution is 6.33. The number of hydrogen-bond donors (Lipinski definition) is 2. The molecule has 4 heterocycles. The number of fused-ring (bicyclic) bond motifs is 3. The number of nitrogens with zero attached hydrogens (tertiary/aromatic N) is 3. The largest absolute Gasteiger partial charge is 0.355 e. The summed E-state index contributed by atoms with van der Waals surface area (Å²) in [6.45, 7) is 2.01. The zero-order chi connectivity index (χ0) is 22.9. The molecule has 6 rings (SSSR count). The lowest BCUT2D eigenvalue weighted by atomic mass is 9.82. The number of amides is 1. The van der Waals surface area contributed by atoms with Gasteiger partial charge in [0.2, 0.25) is 0 Å². The SMILES string of the molecule is CNC(=O)c1ccc([C@H]2C[C@@H]2c2nn(C)c3nc(C)ccc23)c(Cl)c1C1C[C@H]2CC[C@@H](C1)N2. The van der Waals surface area contributed by atoms with Gasteiger partial charge in [0.1, 0.15) is 0 Å². The predicted molar refractivity (Wildman–Crippen MR) is 130 cm³/mol. The van der Waals surface area contributed by atoms with Crippen molar-refractivity contribution in [2.75, 3.05) is 7.05 Å². The average molecular weight is 464 g/mol. The van der Waals surface area contributed by atoms with Gasteiger partial charge in [-0.15, -0.1) is 0 Å². The Bertz CT molecular complexity index is 1260. The van der Waals surface area contributed by atoms with Crippen LogP contribution in [0.5, 0.6) is 0 Å². The van der Waals surface area contributed by atoms with E-state index in [1.807, 2.05) is 24.7 Å².